The third-order valence-corrected chi connectivity index (χ3v) is 11.7. The molecule has 0 unspecified atom stereocenters. The summed E-state index contributed by atoms with van der Waals surface area (Å²) >= 11 is 0. The molecule has 3 aromatic heterocycles. The van der Waals surface area contributed by atoms with Crippen LogP contribution in [-0.2, 0) is 33.9 Å². The van der Waals surface area contributed by atoms with E-state index in [-0.39, 0.29) is 27.0 Å². The minimum Gasteiger partial charge on any atom is -0.509 e. The van der Waals surface area contributed by atoms with E-state index in [0.717, 1.165) is 64.6 Å². The third-order valence-electron chi connectivity index (χ3n) is 11.7. The summed E-state index contributed by atoms with van der Waals surface area (Å²) in [6, 6.07) is 28.4. The first-order valence-corrected chi connectivity index (χ1v) is 20.6. The van der Waals surface area contributed by atoms with E-state index in [1.54, 1.807) is 0 Å². The van der Waals surface area contributed by atoms with Crippen molar-refractivity contribution < 1.29 is 25.8 Å². The van der Waals surface area contributed by atoms with E-state index in [1.165, 1.54) is 44.5 Å². The van der Waals surface area contributed by atoms with Gasteiger partial charge in [-0.2, -0.15) is 11.2 Å². The van der Waals surface area contributed by atoms with Crippen LogP contribution < -0.4 is 4.74 Å². The van der Waals surface area contributed by atoms with E-state index in [2.05, 4.69) is 160 Å². The van der Waals surface area contributed by atoms with Crippen LogP contribution in [0.4, 0.5) is 0 Å². The van der Waals surface area contributed by atoms with Gasteiger partial charge in [0.25, 0.3) is 0 Å². The van der Waals surface area contributed by atoms with Crippen molar-refractivity contribution in [3.8, 4) is 34.1 Å². The van der Waals surface area contributed by atoms with Crippen LogP contribution in [0, 0.1) is 44.7 Å². The third kappa shape index (κ3) is 8.70. The number of rotatable bonds is 13. The Balaban J connectivity index is 0.00000549. The zero-order valence-corrected chi connectivity index (χ0v) is 37.9. The van der Waals surface area contributed by atoms with Crippen molar-refractivity contribution in [1.82, 2.24) is 19.3 Å². The number of nitrogens with zero attached hydrogens (tertiary/aromatic N) is 4. The molecular weight excluding hydrogens is 880 g/mol. The van der Waals surface area contributed by atoms with E-state index < -0.39 is 0 Å². The fourth-order valence-corrected chi connectivity index (χ4v) is 7.98. The fraction of sp³-hybridized carbons (Fsp3) is 0.373. The Hall–Kier alpha value is -4.47. The molecule has 0 N–H and O–H groups in total. The molecule has 0 atom stereocenters. The van der Waals surface area contributed by atoms with Gasteiger partial charge in [0.2, 0.25) is 0 Å². The Labute approximate surface area is 355 Å². The standard InChI is InChI=1S/C51H58N4O.Pt/c1-31(2)16-19-44-36(10)35(9)37(11)45(20-17-32(3)4)51(44)40-29-53-54(30-40)41-24-39(34(7)8)25-43(27-41)56-42-18-21-47-46-14-12-13-15-48(46)55(49(47)28-42)50-26-38(33(5)6)22-23-52-50;/h12-15,18,21-26,29-34H,16-17,19-20H2,1-11H3;/q-2;+2. The summed E-state index contributed by atoms with van der Waals surface area (Å²) in [6.07, 6.45) is 10.6. The molecule has 0 radical (unpaired) electrons. The molecule has 0 aliphatic carbocycles. The SMILES string of the molecule is Cc1c(C)c(CCC(C)C)c(-c2cnn(-c3[c-]c(Oc4[c-]c5c(cc4)c4ccccc4n5-c4cc(C(C)C)ccn4)cc(C(C)C)c3)c2)c(CCC(C)C)c1C.[Pt+2]. The zero-order chi connectivity index (χ0) is 39.8. The summed E-state index contributed by atoms with van der Waals surface area (Å²) < 4.78 is 10.9. The molecule has 0 aliphatic heterocycles. The predicted octanol–water partition coefficient (Wildman–Crippen LogP) is 13.8. The first-order chi connectivity index (χ1) is 26.8. The van der Waals surface area contributed by atoms with E-state index in [0.29, 0.717) is 29.3 Å². The Kier molecular flexibility index (Phi) is 13.0. The van der Waals surface area contributed by atoms with Crippen LogP contribution in [0.2, 0.25) is 0 Å². The molecule has 7 aromatic rings. The van der Waals surface area contributed by atoms with E-state index in [1.807, 2.05) is 16.9 Å². The molecule has 0 spiro atoms. The second kappa shape index (κ2) is 17.6. The van der Waals surface area contributed by atoms with Gasteiger partial charge < -0.3 is 9.30 Å². The molecule has 0 aliphatic rings. The van der Waals surface area contributed by atoms with Gasteiger partial charge in [-0.05, 0) is 138 Å². The summed E-state index contributed by atoms with van der Waals surface area (Å²) in [4.78, 5) is 4.82. The van der Waals surface area contributed by atoms with Gasteiger partial charge >= 0.3 is 21.1 Å². The summed E-state index contributed by atoms with van der Waals surface area (Å²) in [6.45, 7) is 25.1. The van der Waals surface area contributed by atoms with Crippen molar-refractivity contribution in [3.63, 3.8) is 0 Å². The maximum Gasteiger partial charge on any atom is 2.00 e. The molecule has 7 rings (SSSR count). The Morgan fingerprint density at radius 3 is 2.00 bits per heavy atom. The molecule has 0 bridgehead atoms. The molecule has 0 amide bonds. The smallest absolute Gasteiger partial charge is 0.509 e. The topological polar surface area (TPSA) is 44.9 Å². The van der Waals surface area contributed by atoms with Gasteiger partial charge in [0.1, 0.15) is 5.82 Å². The van der Waals surface area contributed by atoms with Gasteiger partial charge in [-0.1, -0.05) is 79.1 Å². The van der Waals surface area contributed by atoms with Crippen LogP contribution in [0.25, 0.3) is 44.4 Å². The normalized spacial score (nSPS) is 11.8. The summed E-state index contributed by atoms with van der Waals surface area (Å²) in [5, 5.41) is 7.27. The number of para-hydroxylation sites is 1. The van der Waals surface area contributed by atoms with E-state index >= 15 is 0 Å². The number of fused-ring (bicyclic) bond motifs is 3. The molecule has 0 fully saturated rings. The van der Waals surface area contributed by atoms with Crippen LogP contribution in [0.5, 0.6) is 11.5 Å². The molecule has 3 heterocycles. The average Bonchev–Trinajstić information content (AvgIpc) is 3.79. The van der Waals surface area contributed by atoms with Gasteiger partial charge in [0, 0.05) is 35.0 Å². The molecular formula is C51H58N4OPt. The fourth-order valence-electron chi connectivity index (χ4n) is 7.98. The molecule has 4 aromatic carbocycles. The minimum absolute atomic E-state index is 0. The van der Waals surface area contributed by atoms with Gasteiger partial charge in [0.15, 0.2) is 0 Å². The van der Waals surface area contributed by atoms with Crippen LogP contribution in [-0.4, -0.2) is 19.3 Å². The number of pyridine rings is 1. The number of aromatic nitrogens is 4. The van der Waals surface area contributed by atoms with Gasteiger partial charge in [0.05, 0.1) is 6.20 Å². The summed E-state index contributed by atoms with van der Waals surface area (Å²) in [7, 11) is 0. The zero-order valence-electron chi connectivity index (χ0n) is 35.7. The number of benzene rings is 4. The van der Waals surface area contributed by atoms with Gasteiger partial charge in [-0.15, -0.1) is 41.3 Å². The Morgan fingerprint density at radius 1 is 0.684 bits per heavy atom. The minimum atomic E-state index is 0. The van der Waals surface area contributed by atoms with Crippen molar-refractivity contribution in [2.75, 3.05) is 0 Å². The first kappa shape index (κ1) is 42.1. The van der Waals surface area contributed by atoms with Crippen molar-refractivity contribution in [1.29, 1.82) is 0 Å². The predicted molar refractivity (Wildman–Crippen MR) is 234 cm³/mol. The van der Waals surface area contributed by atoms with Crippen molar-refractivity contribution in [2.45, 2.75) is 114 Å². The number of hydrogen-bond acceptors (Lipinski definition) is 3. The Bertz CT molecular complexity index is 2480. The number of hydrogen-bond donors (Lipinski definition) is 0. The Morgan fingerprint density at radius 2 is 1.35 bits per heavy atom. The van der Waals surface area contributed by atoms with Crippen LogP contribution in [0.1, 0.15) is 119 Å². The van der Waals surface area contributed by atoms with Gasteiger partial charge in [-0.25, -0.2) is 4.98 Å². The second-order valence-corrected chi connectivity index (χ2v) is 17.2. The molecule has 0 saturated carbocycles. The monoisotopic (exact) mass is 937 g/mol. The summed E-state index contributed by atoms with van der Waals surface area (Å²) in [5.41, 5.74) is 15.0. The maximum atomic E-state index is 6.69. The largest absolute Gasteiger partial charge is 2.00 e. The molecule has 5 nitrogen and oxygen atoms in total. The van der Waals surface area contributed by atoms with Crippen LogP contribution in [0.15, 0.2) is 79.3 Å². The maximum absolute atomic E-state index is 6.69. The molecule has 298 valence electrons. The quantitative estimate of drug-likeness (QED) is 0.108. The molecule has 0 saturated heterocycles. The van der Waals surface area contributed by atoms with Crippen molar-refractivity contribution >= 4 is 21.8 Å². The second-order valence-electron chi connectivity index (χ2n) is 17.2. The first-order valence-electron chi connectivity index (χ1n) is 20.6. The average molecular weight is 938 g/mol. The van der Waals surface area contributed by atoms with Crippen LogP contribution in [0.3, 0.4) is 0 Å². The van der Waals surface area contributed by atoms with Gasteiger partial charge in [-0.3, -0.25) is 4.68 Å². The molecule has 57 heavy (non-hydrogen) atoms. The molecule has 6 heteroatoms. The van der Waals surface area contributed by atoms with Crippen LogP contribution >= 0.6 is 0 Å². The van der Waals surface area contributed by atoms with E-state index in [4.69, 9.17) is 14.8 Å². The van der Waals surface area contributed by atoms with Crippen molar-refractivity contribution in [3.05, 3.63) is 130 Å². The summed E-state index contributed by atoms with van der Waals surface area (Å²) in [5.74, 6) is 4.07. The van der Waals surface area contributed by atoms with Crippen molar-refractivity contribution in [2.24, 2.45) is 11.8 Å². The number of ether oxygens (including phenoxy) is 1. The van der Waals surface area contributed by atoms with E-state index in [9.17, 15) is 0 Å².